The molecule has 2 aliphatic rings. The summed E-state index contributed by atoms with van der Waals surface area (Å²) >= 11 is 0. The lowest BCUT2D eigenvalue weighted by Crippen LogP contribution is -2.44. The molecule has 1 aromatic heterocycles. The predicted molar refractivity (Wildman–Crippen MR) is 102 cm³/mol. The van der Waals surface area contributed by atoms with Crippen molar-refractivity contribution in [3.05, 3.63) is 29.3 Å². The van der Waals surface area contributed by atoms with Crippen molar-refractivity contribution in [1.82, 2.24) is 15.2 Å². The molecule has 0 bridgehead atoms. The molecule has 2 fully saturated rings. The minimum absolute atomic E-state index is 0.200. The van der Waals surface area contributed by atoms with E-state index in [1.807, 2.05) is 11.8 Å². The molecule has 2 heterocycles. The quantitative estimate of drug-likeness (QED) is 0.868. The highest BCUT2D eigenvalue weighted by Gasteiger charge is 2.25. The van der Waals surface area contributed by atoms with Gasteiger partial charge in [0.15, 0.2) is 0 Å². The number of hydrogen-bond acceptors (Lipinski definition) is 3. The first kappa shape index (κ1) is 19.3. The van der Waals surface area contributed by atoms with Crippen LogP contribution in [0.1, 0.15) is 69.0 Å². The van der Waals surface area contributed by atoms with Crippen molar-refractivity contribution in [1.29, 1.82) is 0 Å². The monoisotopic (exact) mass is 361 g/mol. The van der Waals surface area contributed by atoms with Gasteiger partial charge in [-0.3, -0.25) is 9.78 Å². The molecule has 1 saturated heterocycles. The summed E-state index contributed by atoms with van der Waals surface area (Å²) in [6.07, 6.45) is 9.55. The summed E-state index contributed by atoms with van der Waals surface area (Å²) in [7, 11) is 0. The van der Waals surface area contributed by atoms with Gasteiger partial charge in [-0.05, 0) is 76.0 Å². The van der Waals surface area contributed by atoms with Gasteiger partial charge in [0.2, 0.25) is 5.91 Å². The number of pyridine rings is 1. The van der Waals surface area contributed by atoms with E-state index in [9.17, 15) is 9.18 Å². The number of hydrogen-bond donors (Lipinski definition) is 1. The molecular weight excluding hydrogens is 329 g/mol. The largest absolute Gasteiger partial charge is 0.343 e. The van der Waals surface area contributed by atoms with Crippen molar-refractivity contribution in [2.75, 3.05) is 19.6 Å². The second kappa shape index (κ2) is 8.94. The zero-order valence-corrected chi connectivity index (χ0v) is 16.1. The smallest absolute Gasteiger partial charge is 0.219 e. The van der Waals surface area contributed by atoms with Gasteiger partial charge < -0.3 is 10.2 Å². The fraction of sp³-hybridized carbons (Fsp3) is 0.714. The van der Waals surface area contributed by atoms with Gasteiger partial charge in [0.05, 0.1) is 6.20 Å². The Kier molecular flexibility index (Phi) is 6.63. The highest BCUT2D eigenvalue weighted by atomic mass is 19.1. The van der Waals surface area contributed by atoms with Gasteiger partial charge >= 0.3 is 0 Å². The maximum atomic E-state index is 13.2. The number of rotatable bonds is 5. The van der Waals surface area contributed by atoms with Crippen molar-refractivity contribution in [2.24, 2.45) is 5.92 Å². The average molecular weight is 362 g/mol. The number of aromatic nitrogens is 1. The first-order valence-electron chi connectivity index (χ1n) is 10.1. The van der Waals surface area contributed by atoms with E-state index >= 15 is 0 Å². The van der Waals surface area contributed by atoms with Crippen LogP contribution in [0.25, 0.3) is 0 Å². The fourth-order valence-corrected chi connectivity index (χ4v) is 4.59. The number of carbonyl (C=O) groups excluding carboxylic acids is 1. The Balaban J connectivity index is 1.35. The van der Waals surface area contributed by atoms with Crippen LogP contribution in [0.4, 0.5) is 4.39 Å². The number of amides is 1. The topological polar surface area (TPSA) is 45.2 Å². The summed E-state index contributed by atoms with van der Waals surface area (Å²) in [4.78, 5) is 17.7. The third-order valence-electron chi connectivity index (χ3n) is 6.24. The Morgan fingerprint density at radius 3 is 2.54 bits per heavy atom. The van der Waals surface area contributed by atoms with E-state index in [1.54, 1.807) is 13.0 Å². The zero-order valence-electron chi connectivity index (χ0n) is 16.1. The van der Waals surface area contributed by atoms with Crippen LogP contribution < -0.4 is 5.32 Å². The molecule has 0 aromatic carbocycles. The number of likely N-dealkylation sites (tertiary alicyclic amines) is 1. The lowest BCUT2D eigenvalue weighted by atomic mass is 9.78. The summed E-state index contributed by atoms with van der Waals surface area (Å²) in [5, 5.41) is 3.69. The van der Waals surface area contributed by atoms with Gasteiger partial charge in [-0.2, -0.15) is 0 Å². The average Bonchev–Trinajstić information content (AvgIpc) is 2.63. The number of piperidine rings is 1. The maximum Gasteiger partial charge on any atom is 0.219 e. The van der Waals surface area contributed by atoms with Gasteiger partial charge in [-0.15, -0.1) is 0 Å². The fourth-order valence-electron chi connectivity index (χ4n) is 4.59. The molecule has 3 rings (SSSR count). The van der Waals surface area contributed by atoms with Crippen molar-refractivity contribution < 1.29 is 9.18 Å². The highest BCUT2D eigenvalue weighted by molar-refractivity contribution is 5.73. The van der Waals surface area contributed by atoms with Gasteiger partial charge in [-0.25, -0.2) is 4.39 Å². The highest BCUT2D eigenvalue weighted by Crippen LogP contribution is 2.37. The van der Waals surface area contributed by atoms with Crippen LogP contribution in [0.5, 0.6) is 0 Å². The van der Waals surface area contributed by atoms with Crippen molar-refractivity contribution >= 4 is 5.91 Å². The molecule has 1 saturated carbocycles. The van der Waals surface area contributed by atoms with Gasteiger partial charge in [-0.1, -0.05) is 0 Å². The Morgan fingerprint density at radius 1 is 1.23 bits per heavy atom. The van der Waals surface area contributed by atoms with Gasteiger partial charge in [0, 0.05) is 37.7 Å². The standard InChI is InChI=1S/C21H32FN3O/c1-15-13-19(22)14-24-21(15)18-5-3-17(4-6-18)7-10-23-20-8-11-25(12-9-20)16(2)26/h13-14,17-18,20,23H,3-12H2,1-2H3. The third-order valence-corrected chi connectivity index (χ3v) is 6.24. The molecular formula is C21H32FN3O. The Morgan fingerprint density at radius 2 is 1.92 bits per heavy atom. The summed E-state index contributed by atoms with van der Waals surface area (Å²) in [6, 6.07) is 2.17. The Bertz CT molecular complexity index is 605. The molecule has 144 valence electrons. The normalized spacial score (nSPS) is 24.7. The molecule has 1 aliphatic heterocycles. The first-order valence-corrected chi connectivity index (χ1v) is 10.1. The van der Waals surface area contributed by atoms with E-state index in [1.165, 1.54) is 38.3 Å². The molecule has 1 aliphatic carbocycles. The number of carbonyl (C=O) groups is 1. The summed E-state index contributed by atoms with van der Waals surface area (Å²) < 4.78 is 13.2. The van der Waals surface area contributed by atoms with Crippen LogP contribution in [-0.2, 0) is 4.79 Å². The zero-order chi connectivity index (χ0) is 18.5. The molecule has 4 nitrogen and oxygen atoms in total. The molecule has 1 aromatic rings. The minimum Gasteiger partial charge on any atom is -0.343 e. The van der Waals surface area contributed by atoms with E-state index in [0.29, 0.717) is 12.0 Å². The van der Waals surface area contributed by atoms with E-state index in [-0.39, 0.29) is 11.7 Å². The van der Waals surface area contributed by atoms with E-state index < -0.39 is 0 Å². The van der Waals surface area contributed by atoms with Crippen LogP contribution in [-0.4, -0.2) is 41.5 Å². The van der Waals surface area contributed by atoms with Crippen LogP contribution in [0.2, 0.25) is 0 Å². The summed E-state index contributed by atoms with van der Waals surface area (Å²) in [6.45, 7) is 6.49. The van der Waals surface area contributed by atoms with Gasteiger partial charge in [0.25, 0.3) is 0 Å². The van der Waals surface area contributed by atoms with E-state index in [2.05, 4.69) is 10.3 Å². The molecule has 0 atom stereocenters. The number of nitrogens with zero attached hydrogens (tertiary/aromatic N) is 2. The molecule has 0 unspecified atom stereocenters. The van der Waals surface area contributed by atoms with Crippen LogP contribution in [0.15, 0.2) is 12.3 Å². The Hall–Kier alpha value is -1.49. The third kappa shape index (κ3) is 5.03. The molecule has 26 heavy (non-hydrogen) atoms. The van der Waals surface area contributed by atoms with Crippen LogP contribution in [0, 0.1) is 18.7 Å². The maximum absolute atomic E-state index is 13.2. The van der Waals surface area contributed by atoms with Crippen LogP contribution in [0.3, 0.4) is 0 Å². The molecule has 1 amide bonds. The number of nitrogens with one attached hydrogen (secondary N) is 1. The van der Waals surface area contributed by atoms with Crippen molar-refractivity contribution in [3.63, 3.8) is 0 Å². The second-order valence-corrected chi connectivity index (χ2v) is 8.10. The molecule has 5 heteroatoms. The lowest BCUT2D eigenvalue weighted by Gasteiger charge is -2.33. The second-order valence-electron chi connectivity index (χ2n) is 8.10. The summed E-state index contributed by atoms with van der Waals surface area (Å²) in [5.74, 6) is 1.25. The number of halogens is 1. The van der Waals surface area contributed by atoms with Crippen molar-refractivity contribution in [3.8, 4) is 0 Å². The summed E-state index contributed by atoms with van der Waals surface area (Å²) in [5.41, 5.74) is 2.09. The molecule has 1 N–H and O–H groups in total. The van der Waals surface area contributed by atoms with Crippen LogP contribution >= 0.6 is 0 Å². The Labute approximate surface area is 156 Å². The minimum atomic E-state index is -0.236. The molecule has 0 radical (unpaired) electrons. The van der Waals surface area contributed by atoms with Gasteiger partial charge in [0.1, 0.15) is 5.82 Å². The SMILES string of the molecule is CC(=O)N1CCC(NCCC2CCC(c3ncc(F)cc3C)CC2)CC1. The lowest BCUT2D eigenvalue weighted by molar-refractivity contribution is -0.129. The number of aryl methyl sites for hydroxylation is 1. The predicted octanol–water partition coefficient (Wildman–Crippen LogP) is 3.79. The molecule has 0 spiro atoms. The van der Waals surface area contributed by atoms with Crippen molar-refractivity contribution in [2.45, 2.75) is 70.8 Å². The first-order chi connectivity index (χ1) is 12.5. The van der Waals surface area contributed by atoms with E-state index in [4.69, 9.17) is 0 Å². The van der Waals surface area contributed by atoms with E-state index in [0.717, 1.165) is 49.7 Å².